The van der Waals surface area contributed by atoms with Crippen LogP contribution in [0.4, 0.5) is 4.79 Å². The van der Waals surface area contributed by atoms with Crippen LogP contribution in [0, 0.1) is 0 Å². The van der Waals surface area contributed by atoms with E-state index >= 15 is 0 Å². The highest BCUT2D eigenvalue weighted by molar-refractivity contribution is 5.69. The van der Waals surface area contributed by atoms with Crippen LogP contribution in [0.25, 0.3) is 0 Å². The Morgan fingerprint density at radius 1 is 1.24 bits per heavy atom. The van der Waals surface area contributed by atoms with Crippen LogP contribution in [0.2, 0.25) is 0 Å². The van der Waals surface area contributed by atoms with E-state index in [2.05, 4.69) is 0 Å². The number of hydrogen-bond donors (Lipinski definition) is 1. The van der Waals surface area contributed by atoms with E-state index in [-0.39, 0.29) is 24.3 Å². The molecule has 0 aliphatic carbocycles. The van der Waals surface area contributed by atoms with Crippen LogP contribution >= 0.6 is 0 Å². The lowest BCUT2D eigenvalue weighted by Gasteiger charge is -2.32. The van der Waals surface area contributed by atoms with Crippen molar-refractivity contribution in [2.75, 3.05) is 0 Å². The molecule has 2 bridgehead atoms. The van der Waals surface area contributed by atoms with E-state index in [9.17, 15) is 9.90 Å². The van der Waals surface area contributed by atoms with Crippen LogP contribution < -0.4 is 0 Å². The quantitative estimate of drug-likeness (QED) is 0.708. The second-order valence-corrected chi connectivity index (χ2v) is 6.18. The van der Waals surface area contributed by atoms with Crippen LogP contribution in [0.1, 0.15) is 52.9 Å². The molecule has 2 fully saturated rings. The van der Waals surface area contributed by atoms with E-state index < -0.39 is 5.60 Å². The number of aliphatic hydroxyl groups excluding tert-OH is 1. The summed E-state index contributed by atoms with van der Waals surface area (Å²) in [7, 11) is 0. The van der Waals surface area contributed by atoms with Crippen molar-refractivity contribution in [1.82, 2.24) is 4.90 Å². The first kappa shape index (κ1) is 12.7. The normalized spacial score (nSPS) is 33.4. The lowest BCUT2D eigenvalue weighted by Crippen LogP contribution is -2.47. The molecule has 3 atom stereocenters. The summed E-state index contributed by atoms with van der Waals surface area (Å²) >= 11 is 0. The second kappa shape index (κ2) is 4.48. The first-order chi connectivity index (χ1) is 7.88. The van der Waals surface area contributed by atoms with Crippen LogP contribution in [-0.2, 0) is 4.74 Å². The third-order valence-corrected chi connectivity index (χ3v) is 3.63. The molecule has 0 radical (unpaired) electrons. The average Bonchev–Trinajstić information content (AvgIpc) is 2.50. The minimum atomic E-state index is -0.465. The Hall–Kier alpha value is -0.770. The van der Waals surface area contributed by atoms with Gasteiger partial charge in [-0.25, -0.2) is 4.79 Å². The lowest BCUT2D eigenvalue weighted by atomic mass is 9.99. The third-order valence-electron chi connectivity index (χ3n) is 3.63. The number of aliphatic hydroxyl groups is 1. The Morgan fingerprint density at radius 2 is 1.94 bits per heavy atom. The topological polar surface area (TPSA) is 49.8 Å². The van der Waals surface area contributed by atoms with Gasteiger partial charge in [0.25, 0.3) is 0 Å². The monoisotopic (exact) mass is 241 g/mol. The van der Waals surface area contributed by atoms with Crippen molar-refractivity contribution in [2.24, 2.45) is 0 Å². The molecule has 3 unspecified atom stereocenters. The number of rotatable bonds is 0. The number of amides is 1. The molecule has 4 heteroatoms. The maximum Gasteiger partial charge on any atom is 0.410 e. The molecule has 2 saturated heterocycles. The van der Waals surface area contributed by atoms with Gasteiger partial charge in [-0.1, -0.05) is 0 Å². The zero-order valence-corrected chi connectivity index (χ0v) is 11.0. The molecule has 2 rings (SSSR count). The van der Waals surface area contributed by atoms with E-state index in [4.69, 9.17) is 4.74 Å². The van der Waals surface area contributed by atoms with Crippen LogP contribution in [0.5, 0.6) is 0 Å². The molecule has 4 nitrogen and oxygen atoms in total. The van der Waals surface area contributed by atoms with Gasteiger partial charge in [-0.3, -0.25) is 4.90 Å². The van der Waals surface area contributed by atoms with Crippen LogP contribution in [-0.4, -0.2) is 39.9 Å². The Labute approximate surface area is 103 Å². The van der Waals surface area contributed by atoms with Crippen molar-refractivity contribution in [1.29, 1.82) is 0 Å². The predicted molar refractivity (Wildman–Crippen MR) is 64.7 cm³/mol. The number of carbonyl (C=O) groups excluding carboxylic acids is 1. The molecule has 0 aromatic rings. The number of carbonyl (C=O) groups is 1. The molecule has 17 heavy (non-hydrogen) atoms. The fraction of sp³-hybridized carbons (Fsp3) is 0.923. The summed E-state index contributed by atoms with van der Waals surface area (Å²) in [5, 5.41) is 10.0. The van der Waals surface area contributed by atoms with Gasteiger partial charge in [0.15, 0.2) is 0 Å². The standard InChI is InChI=1S/C13H23NO3/c1-13(2,3)17-12(16)14-9-5-4-6-11(15)10(14)8-7-9/h9-11,15H,4-8H2,1-3H3. The van der Waals surface area contributed by atoms with Gasteiger partial charge in [0.2, 0.25) is 0 Å². The van der Waals surface area contributed by atoms with Crippen molar-refractivity contribution in [3.05, 3.63) is 0 Å². The highest BCUT2D eigenvalue weighted by Crippen LogP contribution is 2.35. The summed E-state index contributed by atoms with van der Waals surface area (Å²) in [4.78, 5) is 14.0. The maximum absolute atomic E-state index is 12.2. The minimum Gasteiger partial charge on any atom is -0.444 e. The summed E-state index contributed by atoms with van der Waals surface area (Å²) in [6.45, 7) is 5.63. The minimum absolute atomic E-state index is 0.0302. The van der Waals surface area contributed by atoms with Crippen molar-refractivity contribution < 1.29 is 14.6 Å². The molecule has 2 heterocycles. The first-order valence-corrected chi connectivity index (χ1v) is 6.58. The molecule has 2 aliphatic heterocycles. The Balaban J connectivity index is 2.11. The Morgan fingerprint density at radius 3 is 2.59 bits per heavy atom. The molecular formula is C13H23NO3. The smallest absolute Gasteiger partial charge is 0.410 e. The van der Waals surface area contributed by atoms with E-state index in [1.807, 2.05) is 20.8 Å². The number of ether oxygens (including phenoxy) is 1. The van der Waals surface area contributed by atoms with Gasteiger partial charge in [-0.15, -0.1) is 0 Å². The molecule has 0 aromatic heterocycles. The Kier molecular flexibility index (Phi) is 3.34. The van der Waals surface area contributed by atoms with Gasteiger partial charge >= 0.3 is 6.09 Å². The van der Waals surface area contributed by atoms with Gasteiger partial charge < -0.3 is 9.84 Å². The fourth-order valence-electron chi connectivity index (χ4n) is 2.93. The summed E-state index contributed by atoms with van der Waals surface area (Å²) in [5.41, 5.74) is -0.465. The largest absolute Gasteiger partial charge is 0.444 e. The summed E-state index contributed by atoms with van der Waals surface area (Å²) in [6.07, 6.45) is 4.07. The van der Waals surface area contributed by atoms with Crippen molar-refractivity contribution in [2.45, 2.75) is 76.7 Å². The van der Waals surface area contributed by atoms with Crippen molar-refractivity contribution >= 4 is 6.09 Å². The molecular weight excluding hydrogens is 218 g/mol. The Bertz CT molecular complexity index is 298. The van der Waals surface area contributed by atoms with Crippen molar-refractivity contribution in [3.63, 3.8) is 0 Å². The predicted octanol–water partition coefficient (Wildman–Crippen LogP) is 2.30. The summed E-state index contributed by atoms with van der Waals surface area (Å²) in [5.74, 6) is 0. The number of fused-ring (bicyclic) bond motifs is 2. The zero-order chi connectivity index (χ0) is 12.6. The van der Waals surface area contributed by atoms with Gasteiger partial charge in [-0.2, -0.15) is 0 Å². The SMILES string of the molecule is CC(C)(C)OC(=O)N1C2CCCC(O)C1CC2. The molecule has 0 aromatic carbocycles. The summed E-state index contributed by atoms with van der Waals surface area (Å²) < 4.78 is 5.44. The van der Waals surface area contributed by atoms with Crippen LogP contribution in [0.15, 0.2) is 0 Å². The van der Waals surface area contributed by atoms with Gasteiger partial charge in [-0.05, 0) is 52.9 Å². The average molecular weight is 241 g/mol. The fourth-order valence-corrected chi connectivity index (χ4v) is 2.93. The molecule has 0 saturated carbocycles. The highest BCUT2D eigenvalue weighted by atomic mass is 16.6. The molecule has 1 N–H and O–H groups in total. The number of nitrogens with zero attached hydrogens (tertiary/aromatic N) is 1. The van der Waals surface area contributed by atoms with Crippen molar-refractivity contribution in [3.8, 4) is 0 Å². The first-order valence-electron chi connectivity index (χ1n) is 6.58. The highest BCUT2D eigenvalue weighted by Gasteiger charge is 2.43. The molecule has 1 amide bonds. The maximum atomic E-state index is 12.2. The molecule has 98 valence electrons. The third kappa shape index (κ3) is 2.73. The van der Waals surface area contributed by atoms with Gasteiger partial charge in [0, 0.05) is 6.04 Å². The summed E-state index contributed by atoms with van der Waals surface area (Å²) in [6, 6.07) is 0.240. The van der Waals surface area contributed by atoms with Crippen LogP contribution in [0.3, 0.4) is 0 Å². The lowest BCUT2D eigenvalue weighted by molar-refractivity contribution is 0.000111. The molecule has 0 spiro atoms. The van der Waals surface area contributed by atoms with Gasteiger partial charge in [0.1, 0.15) is 5.60 Å². The van der Waals surface area contributed by atoms with Gasteiger partial charge in [0.05, 0.1) is 12.1 Å². The van der Waals surface area contributed by atoms with E-state index in [1.165, 1.54) is 0 Å². The van der Waals surface area contributed by atoms with E-state index in [0.717, 1.165) is 32.1 Å². The van der Waals surface area contributed by atoms with E-state index in [1.54, 1.807) is 4.90 Å². The molecule has 2 aliphatic rings. The zero-order valence-electron chi connectivity index (χ0n) is 11.0. The van der Waals surface area contributed by atoms with E-state index in [0.29, 0.717) is 0 Å². The second-order valence-electron chi connectivity index (χ2n) is 6.18. The number of hydrogen-bond acceptors (Lipinski definition) is 3.